The van der Waals surface area contributed by atoms with Gasteiger partial charge in [-0.15, -0.1) is 0 Å². The Morgan fingerprint density at radius 1 is 0.536 bits per heavy atom. The number of aromatic carboxylic acids is 4. The maximum atomic E-state index is 11.0. The third-order valence-corrected chi connectivity index (χ3v) is 3.42. The zero-order valence-electron chi connectivity index (χ0n) is 14.1. The third-order valence-electron chi connectivity index (χ3n) is 3.42. The van der Waals surface area contributed by atoms with Gasteiger partial charge in [-0.05, 0) is 36.4 Å². The van der Waals surface area contributed by atoms with Gasteiger partial charge >= 0.3 is 23.9 Å². The molecule has 28 heavy (non-hydrogen) atoms. The Morgan fingerprint density at radius 2 is 0.786 bits per heavy atom. The van der Waals surface area contributed by atoms with Crippen molar-refractivity contribution in [2.24, 2.45) is 0 Å². The molecule has 0 aliphatic heterocycles. The molecular weight excluding hydrogens is 376 g/mol. The molecule has 0 saturated carbocycles. The number of rotatable bonds is 9. The molecule has 2 rings (SSSR count). The van der Waals surface area contributed by atoms with Crippen LogP contribution in [0.25, 0.3) is 0 Å². The summed E-state index contributed by atoms with van der Waals surface area (Å²) in [4.78, 5) is 44.2. The Morgan fingerprint density at radius 3 is 1.00 bits per heavy atom. The lowest BCUT2D eigenvalue weighted by atomic mass is 10.1. The van der Waals surface area contributed by atoms with Crippen molar-refractivity contribution in [3.63, 3.8) is 0 Å². The Labute approximate surface area is 157 Å². The largest absolute Gasteiger partial charge is 0.490 e. The van der Waals surface area contributed by atoms with Gasteiger partial charge in [-0.3, -0.25) is 0 Å². The lowest BCUT2D eigenvalue weighted by Crippen LogP contribution is -2.11. The average Bonchev–Trinajstić information content (AvgIpc) is 2.64. The molecule has 0 unspecified atom stereocenters. The fourth-order valence-corrected chi connectivity index (χ4v) is 2.18. The summed E-state index contributed by atoms with van der Waals surface area (Å²) in [5.41, 5.74) is -1.07. The summed E-state index contributed by atoms with van der Waals surface area (Å²) in [6, 6.07) is 6.53. The number of benzene rings is 2. The highest BCUT2D eigenvalue weighted by Gasteiger charge is 2.14. The van der Waals surface area contributed by atoms with Crippen molar-refractivity contribution in [1.82, 2.24) is 0 Å². The SMILES string of the molecule is O=C(O)c1cc(OCCOc2cc(C(=O)O)cc(C(=O)O)c2)cc(C(=O)O)c1. The van der Waals surface area contributed by atoms with Gasteiger partial charge in [-0.2, -0.15) is 0 Å². The quantitative estimate of drug-likeness (QED) is 0.464. The second-order valence-electron chi connectivity index (χ2n) is 5.41. The van der Waals surface area contributed by atoms with E-state index in [1.807, 2.05) is 0 Å². The highest BCUT2D eigenvalue weighted by molar-refractivity contribution is 5.95. The first-order valence-electron chi connectivity index (χ1n) is 7.66. The van der Waals surface area contributed by atoms with E-state index in [0.29, 0.717) is 0 Å². The number of carboxylic acids is 4. The second-order valence-corrected chi connectivity index (χ2v) is 5.41. The summed E-state index contributed by atoms with van der Waals surface area (Å²) in [7, 11) is 0. The maximum absolute atomic E-state index is 11.0. The van der Waals surface area contributed by atoms with Gasteiger partial charge in [0, 0.05) is 0 Å². The molecule has 10 heteroatoms. The van der Waals surface area contributed by atoms with Crippen LogP contribution in [0.3, 0.4) is 0 Å². The summed E-state index contributed by atoms with van der Waals surface area (Å²) in [5.74, 6) is -5.31. The minimum Gasteiger partial charge on any atom is -0.490 e. The van der Waals surface area contributed by atoms with E-state index in [1.54, 1.807) is 0 Å². The van der Waals surface area contributed by atoms with E-state index < -0.39 is 23.9 Å². The van der Waals surface area contributed by atoms with Gasteiger partial charge in [0.2, 0.25) is 0 Å². The molecule has 2 aromatic carbocycles. The van der Waals surface area contributed by atoms with Crippen molar-refractivity contribution >= 4 is 23.9 Å². The maximum Gasteiger partial charge on any atom is 0.335 e. The van der Waals surface area contributed by atoms with Gasteiger partial charge in [0.1, 0.15) is 24.7 Å². The molecule has 0 radical (unpaired) electrons. The van der Waals surface area contributed by atoms with Gasteiger partial charge in [-0.1, -0.05) is 0 Å². The smallest absolute Gasteiger partial charge is 0.335 e. The van der Waals surface area contributed by atoms with Crippen LogP contribution in [-0.4, -0.2) is 57.5 Å². The minimum absolute atomic E-state index is 0.00795. The molecular formula is C18H14O10. The fraction of sp³-hybridized carbons (Fsp3) is 0.111. The first-order chi connectivity index (χ1) is 13.2. The molecule has 146 valence electrons. The molecule has 2 aromatic rings. The zero-order valence-corrected chi connectivity index (χ0v) is 14.1. The summed E-state index contributed by atoms with van der Waals surface area (Å²) < 4.78 is 10.6. The molecule has 0 fully saturated rings. The van der Waals surface area contributed by atoms with Gasteiger partial charge in [0.05, 0.1) is 22.3 Å². The number of ether oxygens (including phenoxy) is 2. The van der Waals surface area contributed by atoms with Crippen molar-refractivity contribution in [2.45, 2.75) is 0 Å². The topological polar surface area (TPSA) is 168 Å². The van der Waals surface area contributed by atoms with E-state index in [9.17, 15) is 19.2 Å². The molecule has 0 heterocycles. The number of carbonyl (C=O) groups is 4. The van der Waals surface area contributed by atoms with E-state index in [4.69, 9.17) is 29.9 Å². The molecule has 0 saturated heterocycles. The van der Waals surface area contributed by atoms with Crippen LogP contribution in [0.1, 0.15) is 41.4 Å². The van der Waals surface area contributed by atoms with Crippen LogP contribution in [0.15, 0.2) is 36.4 Å². The van der Waals surface area contributed by atoms with E-state index in [1.165, 1.54) is 0 Å². The fourth-order valence-electron chi connectivity index (χ4n) is 2.18. The van der Waals surface area contributed by atoms with Crippen LogP contribution in [0.4, 0.5) is 0 Å². The predicted octanol–water partition coefficient (Wildman–Crippen LogP) is 1.94. The monoisotopic (exact) mass is 390 g/mol. The Kier molecular flexibility index (Phi) is 6.17. The predicted molar refractivity (Wildman–Crippen MR) is 91.7 cm³/mol. The van der Waals surface area contributed by atoms with Gasteiger partial charge in [0.25, 0.3) is 0 Å². The average molecular weight is 390 g/mol. The van der Waals surface area contributed by atoms with Crippen molar-refractivity contribution < 1.29 is 49.1 Å². The highest BCUT2D eigenvalue weighted by atomic mass is 16.5. The molecule has 0 aromatic heterocycles. The van der Waals surface area contributed by atoms with Crippen LogP contribution in [0.2, 0.25) is 0 Å². The van der Waals surface area contributed by atoms with Crippen molar-refractivity contribution in [3.05, 3.63) is 58.7 Å². The summed E-state index contributed by atoms with van der Waals surface area (Å²) in [5, 5.41) is 36.0. The lowest BCUT2D eigenvalue weighted by molar-refractivity contribution is 0.0675. The first kappa shape index (κ1) is 20.2. The normalized spacial score (nSPS) is 10.1. The highest BCUT2D eigenvalue weighted by Crippen LogP contribution is 2.20. The van der Waals surface area contributed by atoms with E-state index in [0.717, 1.165) is 36.4 Å². The van der Waals surface area contributed by atoms with Crippen LogP contribution in [0, 0.1) is 0 Å². The third kappa shape index (κ3) is 5.21. The van der Waals surface area contributed by atoms with E-state index in [2.05, 4.69) is 0 Å². The Bertz CT molecular complexity index is 805. The summed E-state index contributed by atoms with van der Waals surface area (Å²) in [6.45, 7) is -0.274. The molecule has 0 bridgehead atoms. The number of hydrogen-bond donors (Lipinski definition) is 4. The zero-order chi connectivity index (χ0) is 20.8. The molecule has 10 nitrogen and oxygen atoms in total. The molecule has 0 aliphatic carbocycles. The van der Waals surface area contributed by atoms with Crippen LogP contribution in [-0.2, 0) is 0 Å². The van der Waals surface area contributed by atoms with E-state index >= 15 is 0 Å². The molecule has 0 amide bonds. The number of carboxylic acid groups (broad SMARTS) is 4. The van der Waals surface area contributed by atoms with Crippen molar-refractivity contribution in [2.75, 3.05) is 13.2 Å². The van der Waals surface area contributed by atoms with Crippen LogP contribution in [0.5, 0.6) is 11.5 Å². The lowest BCUT2D eigenvalue weighted by Gasteiger charge is -2.11. The van der Waals surface area contributed by atoms with Gasteiger partial charge in [0.15, 0.2) is 0 Å². The Balaban J connectivity index is 2.07. The molecule has 0 aliphatic rings. The van der Waals surface area contributed by atoms with Gasteiger partial charge < -0.3 is 29.9 Å². The molecule has 4 N–H and O–H groups in total. The van der Waals surface area contributed by atoms with Gasteiger partial charge in [-0.25, -0.2) is 19.2 Å². The van der Waals surface area contributed by atoms with Crippen molar-refractivity contribution in [1.29, 1.82) is 0 Å². The Hall–Kier alpha value is -4.08. The minimum atomic E-state index is -1.32. The summed E-state index contributed by atoms with van der Waals surface area (Å²) in [6.07, 6.45) is 0. The van der Waals surface area contributed by atoms with E-state index in [-0.39, 0.29) is 47.0 Å². The van der Waals surface area contributed by atoms with Crippen LogP contribution < -0.4 is 9.47 Å². The number of hydrogen-bond acceptors (Lipinski definition) is 6. The second kappa shape index (κ2) is 8.54. The first-order valence-corrected chi connectivity index (χ1v) is 7.66. The standard InChI is InChI=1S/C18H14O10/c19-15(20)9-3-10(16(21)22)6-13(5-9)27-1-2-28-14-7-11(17(23)24)4-12(8-14)18(25)26/h3-8H,1-2H2,(H,19,20)(H,21,22)(H,23,24)(H,25,26). The summed E-state index contributed by atoms with van der Waals surface area (Å²) >= 11 is 0. The molecule has 0 atom stereocenters. The van der Waals surface area contributed by atoms with Crippen molar-refractivity contribution in [3.8, 4) is 11.5 Å². The van der Waals surface area contributed by atoms with Crippen LogP contribution >= 0.6 is 0 Å². The molecule has 0 spiro atoms.